The number of anilines is 1. The van der Waals surface area contributed by atoms with Crippen molar-refractivity contribution in [1.29, 1.82) is 0 Å². The fourth-order valence-corrected chi connectivity index (χ4v) is 3.39. The molecule has 7 nitrogen and oxygen atoms in total. The summed E-state index contributed by atoms with van der Waals surface area (Å²) in [6.45, 7) is 0.942. The summed E-state index contributed by atoms with van der Waals surface area (Å²) < 4.78 is 37.8. The van der Waals surface area contributed by atoms with Crippen LogP contribution in [0.15, 0.2) is 57.9 Å². The highest BCUT2D eigenvalue weighted by Gasteiger charge is 2.14. The molecule has 2 rings (SSSR count). The summed E-state index contributed by atoms with van der Waals surface area (Å²) in [4.78, 5) is 12.1. The third kappa shape index (κ3) is 7.30. The van der Waals surface area contributed by atoms with Gasteiger partial charge in [0, 0.05) is 30.2 Å². The molecule has 2 aromatic carbocycles. The van der Waals surface area contributed by atoms with Crippen molar-refractivity contribution in [2.75, 3.05) is 32.2 Å². The van der Waals surface area contributed by atoms with Gasteiger partial charge < -0.3 is 14.8 Å². The van der Waals surface area contributed by atoms with E-state index in [1.165, 1.54) is 12.1 Å². The number of hydrogen-bond acceptors (Lipinski definition) is 5. The zero-order valence-corrected chi connectivity index (χ0v) is 17.2. The molecule has 0 aromatic heterocycles. The molecule has 9 heteroatoms. The zero-order valence-electron chi connectivity index (χ0n) is 14.8. The number of rotatable bonds is 10. The van der Waals surface area contributed by atoms with E-state index >= 15 is 0 Å². The molecule has 0 spiro atoms. The molecule has 0 aliphatic carbocycles. The predicted molar refractivity (Wildman–Crippen MR) is 106 cm³/mol. The van der Waals surface area contributed by atoms with Crippen LogP contribution in [0.4, 0.5) is 5.69 Å². The first-order chi connectivity index (χ1) is 12.9. The lowest BCUT2D eigenvalue weighted by molar-refractivity contribution is -0.116. The average molecular weight is 457 g/mol. The molecule has 0 saturated heterocycles. The molecule has 0 unspecified atom stereocenters. The van der Waals surface area contributed by atoms with Gasteiger partial charge in [-0.1, -0.05) is 15.9 Å². The maximum atomic E-state index is 12.1. The number of sulfonamides is 1. The number of methoxy groups -OCH3 is 1. The first kappa shape index (κ1) is 21.4. The van der Waals surface area contributed by atoms with Gasteiger partial charge in [0.1, 0.15) is 12.4 Å². The SMILES string of the molecule is COCCOc1ccc(NC(=O)CCNS(=O)(=O)c2ccc(Br)cc2)cc1. The Morgan fingerprint density at radius 2 is 1.70 bits per heavy atom. The number of halogens is 1. The molecular formula is C18H21BrN2O5S. The van der Waals surface area contributed by atoms with E-state index in [4.69, 9.17) is 9.47 Å². The Bertz CT molecular complexity index is 839. The van der Waals surface area contributed by atoms with Gasteiger partial charge in [0.2, 0.25) is 15.9 Å². The van der Waals surface area contributed by atoms with Gasteiger partial charge in [-0.2, -0.15) is 0 Å². The van der Waals surface area contributed by atoms with Gasteiger partial charge in [0.15, 0.2) is 0 Å². The Labute approximate surface area is 167 Å². The van der Waals surface area contributed by atoms with Crippen molar-refractivity contribution in [2.24, 2.45) is 0 Å². The van der Waals surface area contributed by atoms with Crippen LogP contribution in [0, 0.1) is 0 Å². The summed E-state index contributed by atoms with van der Waals surface area (Å²) in [5.41, 5.74) is 0.606. The summed E-state index contributed by atoms with van der Waals surface area (Å²) in [6.07, 6.45) is 0.0157. The van der Waals surface area contributed by atoms with E-state index in [-0.39, 0.29) is 23.8 Å². The van der Waals surface area contributed by atoms with Crippen molar-refractivity contribution < 1.29 is 22.7 Å². The summed E-state index contributed by atoms with van der Waals surface area (Å²) in [5.74, 6) is 0.383. The molecule has 0 atom stereocenters. The van der Waals surface area contributed by atoms with Crippen molar-refractivity contribution in [3.05, 3.63) is 53.0 Å². The molecular weight excluding hydrogens is 436 g/mol. The second-order valence-corrected chi connectivity index (χ2v) is 8.20. The molecule has 0 aliphatic heterocycles. The van der Waals surface area contributed by atoms with Crippen molar-refractivity contribution in [2.45, 2.75) is 11.3 Å². The van der Waals surface area contributed by atoms with Gasteiger partial charge in [0.05, 0.1) is 11.5 Å². The lowest BCUT2D eigenvalue weighted by Gasteiger charge is -2.09. The molecule has 0 fully saturated rings. The zero-order chi connectivity index (χ0) is 19.7. The van der Waals surface area contributed by atoms with Crippen LogP contribution in [0.2, 0.25) is 0 Å². The van der Waals surface area contributed by atoms with Crippen LogP contribution in [0.3, 0.4) is 0 Å². The minimum absolute atomic E-state index is 0.00242. The van der Waals surface area contributed by atoms with Crippen LogP contribution in [-0.4, -0.2) is 41.2 Å². The topological polar surface area (TPSA) is 93.7 Å². The van der Waals surface area contributed by atoms with Gasteiger partial charge in [-0.25, -0.2) is 13.1 Å². The van der Waals surface area contributed by atoms with Crippen LogP contribution in [-0.2, 0) is 19.6 Å². The number of carbonyl (C=O) groups excluding carboxylic acids is 1. The first-order valence-corrected chi connectivity index (χ1v) is 10.5. The highest BCUT2D eigenvalue weighted by molar-refractivity contribution is 9.10. The Hall–Kier alpha value is -1.94. The largest absolute Gasteiger partial charge is 0.491 e. The molecule has 0 heterocycles. The third-order valence-corrected chi connectivity index (χ3v) is 5.47. The maximum Gasteiger partial charge on any atom is 0.240 e. The smallest absolute Gasteiger partial charge is 0.240 e. The maximum absolute atomic E-state index is 12.1. The second kappa shape index (κ2) is 10.4. The standard InChI is InChI=1S/C18H21BrN2O5S/c1-25-12-13-26-16-6-4-15(5-7-16)21-18(22)10-11-20-27(23,24)17-8-2-14(19)3-9-17/h2-9,20H,10-13H2,1H3,(H,21,22). The number of nitrogens with one attached hydrogen (secondary N) is 2. The number of hydrogen-bond donors (Lipinski definition) is 2. The van der Waals surface area contributed by atoms with Crippen molar-refractivity contribution in [1.82, 2.24) is 4.72 Å². The average Bonchev–Trinajstić information content (AvgIpc) is 2.63. The van der Waals surface area contributed by atoms with E-state index in [9.17, 15) is 13.2 Å². The predicted octanol–water partition coefficient (Wildman–Crippen LogP) is 2.78. The molecule has 2 N–H and O–H groups in total. The molecule has 0 aliphatic rings. The summed E-state index contributed by atoms with van der Waals surface area (Å²) in [6, 6.07) is 13.2. The summed E-state index contributed by atoms with van der Waals surface area (Å²) in [5, 5.41) is 2.71. The van der Waals surface area contributed by atoms with Crippen molar-refractivity contribution >= 4 is 37.5 Å². The van der Waals surface area contributed by atoms with Gasteiger partial charge in [0.25, 0.3) is 0 Å². The van der Waals surface area contributed by atoms with E-state index in [1.54, 1.807) is 43.5 Å². The number of ether oxygens (including phenoxy) is 2. The first-order valence-electron chi connectivity index (χ1n) is 8.17. The molecule has 0 radical (unpaired) electrons. The van der Waals surface area contributed by atoms with Gasteiger partial charge in [-0.15, -0.1) is 0 Å². The highest BCUT2D eigenvalue weighted by Crippen LogP contribution is 2.16. The number of amides is 1. The van der Waals surface area contributed by atoms with Crippen LogP contribution in [0.5, 0.6) is 5.75 Å². The van der Waals surface area contributed by atoms with Gasteiger partial charge in [-0.3, -0.25) is 4.79 Å². The lowest BCUT2D eigenvalue weighted by atomic mass is 10.3. The van der Waals surface area contributed by atoms with Crippen LogP contribution in [0.1, 0.15) is 6.42 Å². The van der Waals surface area contributed by atoms with Crippen molar-refractivity contribution in [3.63, 3.8) is 0 Å². The van der Waals surface area contributed by atoms with Gasteiger partial charge >= 0.3 is 0 Å². The fourth-order valence-electron chi connectivity index (χ4n) is 2.10. The Kier molecular flexibility index (Phi) is 8.23. The molecule has 27 heavy (non-hydrogen) atoms. The number of carbonyl (C=O) groups is 1. The third-order valence-electron chi connectivity index (χ3n) is 3.46. The summed E-state index contributed by atoms with van der Waals surface area (Å²) >= 11 is 3.25. The second-order valence-electron chi connectivity index (χ2n) is 5.52. The van der Waals surface area contributed by atoms with Crippen molar-refractivity contribution in [3.8, 4) is 5.75 Å². The molecule has 2 aromatic rings. The van der Waals surface area contributed by atoms with Crippen LogP contribution < -0.4 is 14.8 Å². The quantitative estimate of drug-likeness (QED) is 0.536. The Balaban J connectivity index is 1.78. The lowest BCUT2D eigenvalue weighted by Crippen LogP contribution is -2.27. The minimum Gasteiger partial charge on any atom is -0.491 e. The van der Waals surface area contributed by atoms with Crippen LogP contribution in [0.25, 0.3) is 0 Å². The molecule has 146 valence electrons. The molecule has 1 amide bonds. The van der Waals surface area contributed by atoms with Crippen LogP contribution >= 0.6 is 15.9 Å². The Morgan fingerprint density at radius 1 is 1.04 bits per heavy atom. The Morgan fingerprint density at radius 3 is 2.33 bits per heavy atom. The minimum atomic E-state index is -3.64. The van der Waals surface area contributed by atoms with E-state index in [0.29, 0.717) is 24.7 Å². The normalized spacial score (nSPS) is 11.2. The highest BCUT2D eigenvalue weighted by atomic mass is 79.9. The van der Waals surface area contributed by atoms with E-state index in [0.717, 1.165) is 4.47 Å². The monoisotopic (exact) mass is 456 g/mol. The van der Waals surface area contributed by atoms with E-state index in [2.05, 4.69) is 26.0 Å². The number of benzene rings is 2. The fraction of sp³-hybridized carbons (Fsp3) is 0.278. The van der Waals surface area contributed by atoms with E-state index < -0.39 is 10.0 Å². The van der Waals surface area contributed by atoms with E-state index in [1.807, 2.05) is 0 Å². The van der Waals surface area contributed by atoms with Gasteiger partial charge in [-0.05, 0) is 48.5 Å². The summed E-state index contributed by atoms with van der Waals surface area (Å²) in [7, 11) is -2.04. The molecule has 0 bridgehead atoms. The molecule has 0 saturated carbocycles.